The zero-order chi connectivity index (χ0) is 29.3. The monoisotopic (exact) mass is 568 g/mol. The number of hydrogen-bond donors (Lipinski definition) is 2. The molecule has 9 heteroatoms. The maximum Gasteiger partial charge on any atom is 0.416 e. The molecule has 2 aliphatic carbocycles. The summed E-state index contributed by atoms with van der Waals surface area (Å²) in [5, 5.41) is 23.4. The standard InChI is InChI=1S/C32H35F3N2O4/c1-4-15-36-16-14-30-27-21-9-10-24(38)28(27)41-29(30)23(12-13-31(30,40)25(36)18-21)37(19(2)3)26(39)11-8-20-6-5-7-22(17-20)32(33,34)35/h4-11,17,19,23,25,29,38,40H,1,12-16,18H2,2-3H3/t23?,25-,29?,30+,31-/m1/s1. The van der Waals surface area contributed by atoms with Gasteiger partial charge in [-0.2, -0.15) is 13.2 Å². The molecule has 2 aliphatic heterocycles. The molecule has 2 fully saturated rings. The number of alkyl halides is 3. The Hall–Kier alpha value is -3.30. The number of likely N-dealkylation sites (tertiary alicyclic amines) is 1. The lowest BCUT2D eigenvalue weighted by atomic mass is 9.48. The second kappa shape index (κ2) is 9.63. The molecule has 2 unspecified atom stereocenters. The summed E-state index contributed by atoms with van der Waals surface area (Å²) in [4.78, 5) is 17.7. The van der Waals surface area contributed by atoms with Crippen LogP contribution >= 0.6 is 0 Å². The van der Waals surface area contributed by atoms with Crippen molar-refractivity contribution in [3.63, 3.8) is 0 Å². The Kier molecular flexibility index (Phi) is 6.54. The zero-order valence-corrected chi connectivity index (χ0v) is 23.2. The van der Waals surface area contributed by atoms with E-state index in [9.17, 15) is 28.2 Å². The van der Waals surface area contributed by atoms with Crippen LogP contribution in [0.3, 0.4) is 0 Å². The van der Waals surface area contributed by atoms with Gasteiger partial charge in [-0.1, -0.05) is 24.3 Å². The van der Waals surface area contributed by atoms with Crippen molar-refractivity contribution in [3.05, 3.63) is 77.4 Å². The number of aromatic hydroxyl groups is 1. The van der Waals surface area contributed by atoms with Crippen LogP contribution in [0.4, 0.5) is 13.2 Å². The first-order valence-corrected chi connectivity index (χ1v) is 14.2. The number of carbonyl (C=O) groups is 1. The van der Waals surface area contributed by atoms with E-state index in [0.717, 1.165) is 23.3 Å². The lowest BCUT2D eigenvalue weighted by molar-refractivity contribution is -0.200. The van der Waals surface area contributed by atoms with Crippen molar-refractivity contribution in [1.29, 1.82) is 0 Å². The molecule has 4 aliphatic rings. The molecule has 0 aromatic heterocycles. The third kappa shape index (κ3) is 4.03. The van der Waals surface area contributed by atoms with Gasteiger partial charge < -0.3 is 19.8 Å². The molecule has 5 atom stereocenters. The van der Waals surface area contributed by atoms with Gasteiger partial charge in [0.25, 0.3) is 0 Å². The Bertz CT molecular complexity index is 1420. The molecular weight excluding hydrogens is 533 g/mol. The summed E-state index contributed by atoms with van der Waals surface area (Å²) >= 11 is 0. The predicted octanol–water partition coefficient (Wildman–Crippen LogP) is 5.07. The maximum absolute atomic E-state index is 13.7. The van der Waals surface area contributed by atoms with E-state index >= 15 is 0 Å². The average molecular weight is 569 g/mol. The molecule has 2 aromatic carbocycles. The van der Waals surface area contributed by atoms with Gasteiger partial charge in [-0.25, -0.2) is 0 Å². The van der Waals surface area contributed by atoms with Gasteiger partial charge in [-0.3, -0.25) is 9.69 Å². The van der Waals surface area contributed by atoms with Gasteiger partial charge in [0, 0.05) is 30.3 Å². The fourth-order valence-electron chi connectivity index (χ4n) is 8.15. The topological polar surface area (TPSA) is 73.2 Å². The van der Waals surface area contributed by atoms with Crippen LogP contribution in [-0.2, 0) is 22.8 Å². The third-order valence-electron chi connectivity index (χ3n) is 9.71. The van der Waals surface area contributed by atoms with Crippen molar-refractivity contribution < 1.29 is 32.9 Å². The average Bonchev–Trinajstić information content (AvgIpc) is 3.27. The number of halogens is 3. The third-order valence-corrected chi connectivity index (χ3v) is 9.71. The molecular formula is C32H35F3N2O4. The van der Waals surface area contributed by atoms with E-state index in [4.69, 9.17) is 4.74 Å². The number of hydrogen-bond acceptors (Lipinski definition) is 5. The van der Waals surface area contributed by atoms with Crippen molar-refractivity contribution in [1.82, 2.24) is 9.80 Å². The number of aliphatic hydroxyl groups is 1. The minimum atomic E-state index is -4.48. The molecule has 2 aromatic rings. The van der Waals surface area contributed by atoms with Crippen molar-refractivity contribution in [2.45, 2.75) is 81.0 Å². The van der Waals surface area contributed by atoms with Gasteiger partial charge in [-0.15, -0.1) is 6.58 Å². The number of amides is 1. The number of rotatable bonds is 6. The van der Waals surface area contributed by atoms with Gasteiger partial charge >= 0.3 is 6.18 Å². The first-order chi connectivity index (χ1) is 19.4. The highest BCUT2D eigenvalue weighted by Crippen LogP contribution is 2.66. The van der Waals surface area contributed by atoms with E-state index in [1.54, 1.807) is 11.0 Å². The molecule has 1 saturated carbocycles. The van der Waals surface area contributed by atoms with Crippen LogP contribution in [0, 0.1) is 0 Å². The van der Waals surface area contributed by atoms with E-state index < -0.39 is 34.9 Å². The molecule has 6 rings (SSSR count). The van der Waals surface area contributed by atoms with E-state index in [1.165, 1.54) is 24.3 Å². The molecule has 1 amide bonds. The summed E-state index contributed by atoms with van der Waals surface area (Å²) in [6.07, 6.45) is 1.65. The Morgan fingerprint density at radius 3 is 2.76 bits per heavy atom. The number of phenols is 1. The van der Waals surface area contributed by atoms with E-state index in [-0.39, 0.29) is 29.3 Å². The molecule has 1 spiro atoms. The number of nitrogens with zero attached hydrogens (tertiary/aromatic N) is 2. The van der Waals surface area contributed by atoms with Crippen LogP contribution in [0.2, 0.25) is 0 Å². The highest BCUT2D eigenvalue weighted by Gasteiger charge is 2.73. The van der Waals surface area contributed by atoms with Gasteiger partial charge in [0.2, 0.25) is 5.91 Å². The smallest absolute Gasteiger partial charge is 0.416 e. The van der Waals surface area contributed by atoms with Crippen LogP contribution in [0.5, 0.6) is 11.5 Å². The van der Waals surface area contributed by atoms with Gasteiger partial charge in [0.05, 0.1) is 22.6 Å². The van der Waals surface area contributed by atoms with Gasteiger partial charge in [-0.05, 0) is 81.5 Å². The highest BCUT2D eigenvalue weighted by atomic mass is 19.4. The first-order valence-electron chi connectivity index (χ1n) is 14.2. The molecule has 2 bridgehead atoms. The molecule has 2 heterocycles. The number of phenolic OH excluding ortho intramolecular Hbond substituents is 1. The SMILES string of the molecule is C=CCN1CC[C@]23c4c5ccc(O)c4OC2C(N(C(=O)C=Cc2cccc(C(F)(F)F)c2)C(C)C)CC[C@@]3(O)[C@H]1C5. The number of benzene rings is 2. The normalized spacial score (nSPS) is 30.3. The Labute approximate surface area is 237 Å². The second-order valence-electron chi connectivity index (χ2n) is 12.0. The Morgan fingerprint density at radius 1 is 1.27 bits per heavy atom. The molecule has 6 nitrogen and oxygen atoms in total. The van der Waals surface area contributed by atoms with Crippen LogP contribution in [0.1, 0.15) is 55.4 Å². The second-order valence-corrected chi connectivity index (χ2v) is 12.0. The van der Waals surface area contributed by atoms with Crippen molar-refractivity contribution in [2.75, 3.05) is 13.1 Å². The summed E-state index contributed by atoms with van der Waals surface area (Å²) in [6, 6.07) is 7.59. The minimum Gasteiger partial charge on any atom is -0.504 e. The lowest BCUT2D eigenvalue weighted by Gasteiger charge is -2.65. The molecule has 2 N–H and O–H groups in total. The van der Waals surface area contributed by atoms with Crippen LogP contribution in [0.15, 0.2) is 55.1 Å². The fourth-order valence-corrected chi connectivity index (χ4v) is 8.15. The number of piperidine rings is 1. The van der Waals surface area contributed by atoms with Gasteiger partial charge in [0.1, 0.15) is 6.10 Å². The van der Waals surface area contributed by atoms with Crippen LogP contribution in [-0.4, -0.2) is 68.8 Å². The van der Waals surface area contributed by atoms with Crippen molar-refractivity contribution >= 4 is 12.0 Å². The van der Waals surface area contributed by atoms with E-state index in [2.05, 4.69) is 11.5 Å². The molecule has 0 radical (unpaired) electrons. The lowest BCUT2D eigenvalue weighted by Crippen LogP contribution is -2.78. The van der Waals surface area contributed by atoms with Crippen LogP contribution < -0.4 is 4.74 Å². The van der Waals surface area contributed by atoms with Crippen LogP contribution in [0.25, 0.3) is 6.08 Å². The largest absolute Gasteiger partial charge is 0.504 e. The Morgan fingerprint density at radius 2 is 2.05 bits per heavy atom. The van der Waals surface area contributed by atoms with E-state index in [0.29, 0.717) is 44.5 Å². The minimum absolute atomic E-state index is 0.0208. The summed E-state index contributed by atoms with van der Waals surface area (Å²) in [7, 11) is 0. The highest BCUT2D eigenvalue weighted by molar-refractivity contribution is 5.92. The van der Waals surface area contributed by atoms with Crippen molar-refractivity contribution in [3.8, 4) is 11.5 Å². The molecule has 41 heavy (non-hydrogen) atoms. The summed E-state index contributed by atoms with van der Waals surface area (Å²) in [6.45, 7) is 9.07. The Balaban J connectivity index is 1.38. The zero-order valence-electron chi connectivity index (χ0n) is 23.2. The van der Waals surface area contributed by atoms with Crippen molar-refractivity contribution in [2.24, 2.45) is 0 Å². The van der Waals surface area contributed by atoms with E-state index in [1.807, 2.05) is 26.0 Å². The summed E-state index contributed by atoms with van der Waals surface area (Å²) < 4.78 is 46.2. The quantitative estimate of drug-likeness (QED) is 0.376. The summed E-state index contributed by atoms with van der Waals surface area (Å²) in [5.74, 6) is 0.0706. The maximum atomic E-state index is 13.7. The first kappa shape index (κ1) is 27.8. The predicted molar refractivity (Wildman–Crippen MR) is 149 cm³/mol. The number of carbonyl (C=O) groups excluding carboxylic acids is 1. The summed E-state index contributed by atoms with van der Waals surface area (Å²) in [5.41, 5.74) is -0.534. The fraction of sp³-hybridized carbons (Fsp3) is 0.469. The van der Waals surface area contributed by atoms with Gasteiger partial charge in [0.15, 0.2) is 11.5 Å². The number of ether oxygens (including phenoxy) is 1. The molecule has 1 saturated heterocycles. The molecule has 218 valence electrons.